The SMILES string of the molecule is CC(C)(C)S(=O)(=O)Nc1ccc(CNc2ncccn2)cc1. The van der Waals surface area contributed by atoms with Gasteiger partial charge in [-0.15, -0.1) is 0 Å². The molecule has 22 heavy (non-hydrogen) atoms. The summed E-state index contributed by atoms with van der Waals surface area (Å²) in [4.78, 5) is 8.15. The average Bonchev–Trinajstić information content (AvgIpc) is 2.46. The van der Waals surface area contributed by atoms with E-state index in [0.717, 1.165) is 5.56 Å². The lowest BCUT2D eigenvalue weighted by Crippen LogP contribution is -2.33. The number of hydrogen-bond donors (Lipinski definition) is 2. The number of nitrogens with one attached hydrogen (secondary N) is 2. The predicted molar refractivity (Wildman–Crippen MR) is 88.1 cm³/mol. The van der Waals surface area contributed by atoms with E-state index >= 15 is 0 Å². The number of hydrogen-bond acceptors (Lipinski definition) is 5. The Labute approximate surface area is 131 Å². The van der Waals surface area contributed by atoms with Crippen molar-refractivity contribution in [2.45, 2.75) is 32.1 Å². The molecule has 0 bridgehead atoms. The molecule has 0 aliphatic heterocycles. The van der Waals surface area contributed by atoms with Crippen LogP contribution in [0, 0.1) is 0 Å². The molecule has 0 spiro atoms. The van der Waals surface area contributed by atoms with Crippen LogP contribution in [0.4, 0.5) is 11.6 Å². The van der Waals surface area contributed by atoms with Crippen molar-refractivity contribution in [2.75, 3.05) is 10.0 Å². The normalized spacial score (nSPS) is 12.0. The summed E-state index contributed by atoms with van der Waals surface area (Å²) in [6, 6.07) is 8.95. The van der Waals surface area contributed by atoms with Gasteiger partial charge in [0.15, 0.2) is 0 Å². The molecule has 118 valence electrons. The Bertz CT molecular complexity index is 707. The highest BCUT2D eigenvalue weighted by molar-refractivity contribution is 7.94. The van der Waals surface area contributed by atoms with Crippen molar-refractivity contribution >= 4 is 21.7 Å². The van der Waals surface area contributed by atoms with Gasteiger partial charge in [0.05, 0.1) is 4.75 Å². The Balaban J connectivity index is 1.99. The molecule has 1 aromatic carbocycles. The topological polar surface area (TPSA) is 84.0 Å². The van der Waals surface area contributed by atoms with Crippen LogP contribution in [0.1, 0.15) is 26.3 Å². The van der Waals surface area contributed by atoms with E-state index in [1.807, 2.05) is 12.1 Å². The van der Waals surface area contributed by atoms with Gasteiger partial charge in [0.2, 0.25) is 16.0 Å². The van der Waals surface area contributed by atoms with Crippen LogP contribution in [-0.2, 0) is 16.6 Å². The van der Waals surface area contributed by atoms with Gasteiger partial charge < -0.3 is 5.32 Å². The third-order valence-electron chi connectivity index (χ3n) is 3.03. The van der Waals surface area contributed by atoms with Crippen LogP contribution in [-0.4, -0.2) is 23.1 Å². The number of sulfonamides is 1. The van der Waals surface area contributed by atoms with Crippen molar-refractivity contribution in [1.29, 1.82) is 0 Å². The van der Waals surface area contributed by atoms with Gasteiger partial charge >= 0.3 is 0 Å². The molecule has 2 aromatic rings. The van der Waals surface area contributed by atoms with Crippen LogP contribution >= 0.6 is 0 Å². The molecule has 2 N–H and O–H groups in total. The first-order valence-electron chi connectivity index (χ1n) is 6.90. The van der Waals surface area contributed by atoms with Gasteiger partial charge in [-0.2, -0.15) is 0 Å². The fourth-order valence-electron chi connectivity index (χ4n) is 1.57. The van der Waals surface area contributed by atoms with Crippen LogP contribution in [0.25, 0.3) is 0 Å². The van der Waals surface area contributed by atoms with Crippen LogP contribution in [0.5, 0.6) is 0 Å². The van der Waals surface area contributed by atoms with Gasteiger partial charge in [-0.25, -0.2) is 18.4 Å². The minimum atomic E-state index is -3.40. The Morgan fingerprint density at radius 3 is 2.18 bits per heavy atom. The molecule has 0 radical (unpaired) electrons. The van der Waals surface area contributed by atoms with Crippen molar-refractivity contribution in [3.63, 3.8) is 0 Å². The number of nitrogens with zero attached hydrogens (tertiary/aromatic N) is 2. The Morgan fingerprint density at radius 2 is 1.64 bits per heavy atom. The lowest BCUT2D eigenvalue weighted by Gasteiger charge is -2.20. The van der Waals surface area contributed by atoms with Crippen molar-refractivity contribution in [3.05, 3.63) is 48.3 Å². The maximum absolute atomic E-state index is 12.1. The summed E-state index contributed by atoms with van der Waals surface area (Å²) in [5.74, 6) is 0.556. The molecule has 0 atom stereocenters. The molecule has 1 aromatic heterocycles. The molecule has 0 saturated carbocycles. The number of aromatic nitrogens is 2. The zero-order valence-corrected chi connectivity index (χ0v) is 13.7. The van der Waals surface area contributed by atoms with E-state index in [2.05, 4.69) is 20.0 Å². The van der Waals surface area contributed by atoms with E-state index < -0.39 is 14.8 Å². The van der Waals surface area contributed by atoms with Crippen LogP contribution < -0.4 is 10.0 Å². The molecular weight excluding hydrogens is 300 g/mol. The van der Waals surface area contributed by atoms with E-state index in [1.54, 1.807) is 51.4 Å². The standard InChI is InChI=1S/C15H20N4O2S/c1-15(2,3)22(20,21)19-13-7-5-12(6-8-13)11-18-14-16-9-4-10-17-14/h4-10,19H,11H2,1-3H3,(H,16,17,18). The second-order valence-corrected chi connectivity index (χ2v) is 8.28. The zero-order chi connectivity index (χ0) is 16.2. The van der Waals surface area contributed by atoms with Crippen LogP contribution in [0.15, 0.2) is 42.7 Å². The summed E-state index contributed by atoms with van der Waals surface area (Å²) in [6.45, 7) is 5.55. The molecule has 0 fully saturated rings. The fourth-order valence-corrected chi connectivity index (χ4v) is 2.32. The number of rotatable bonds is 5. The average molecular weight is 320 g/mol. The quantitative estimate of drug-likeness (QED) is 0.885. The number of benzene rings is 1. The maximum atomic E-state index is 12.1. The third kappa shape index (κ3) is 4.17. The summed E-state index contributed by atoms with van der Waals surface area (Å²) >= 11 is 0. The minimum Gasteiger partial charge on any atom is -0.350 e. The predicted octanol–water partition coefficient (Wildman–Crippen LogP) is 2.63. The van der Waals surface area contributed by atoms with E-state index in [-0.39, 0.29) is 0 Å². The molecule has 1 heterocycles. The summed E-state index contributed by atoms with van der Waals surface area (Å²) in [6.07, 6.45) is 3.33. The van der Waals surface area contributed by atoms with Crippen LogP contribution in [0.2, 0.25) is 0 Å². The fraction of sp³-hybridized carbons (Fsp3) is 0.333. The molecule has 0 aliphatic carbocycles. The van der Waals surface area contributed by atoms with Gasteiger partial charge in [0.1, 0.15) is 0 Å². The van der Waals surface area contributed by atoms with Gasteiger partial charge in [-0.1, -0.05) is 12.1 Å². The lowest BCUT2D eigenvalue weighted by molar-refractivity contribution is 0.566. The molecule has 7 heteroatoms. The van der Waals surface area contributed by atoms with Crippen molar-refractivity contribution in [1.82, 2.24) is 9.97 Å². The summed E-state index contributed by atoms with van der Waals surface area (Å²) < 4.78 is 25.9. The summed E-state index contributed by atoms with van der Waals surface area (Å²) in [5.41, 5.74) is 1.56. The first kappa shape index (κ1) is 16.2. The first-order chi connectivity index (χ1) is 10.3. The third-order valence-corrected chi connectivity index (χ3v) is 5.15. The first-order valence-corrected chi connectivity index (χ1v) is 8.38. The van der Waals surface area contributed by atoms with Crippen molar-refractivity contribution in [2.24, 2.45) is 0 Å². The highest BCUT2D eigenvalue weighted by atomic mass is 32.2. The second kappa shape index (κ2) is 6.31. The molecule has 0 unspecified atom stereocenters. The smallest absolute Gasteiger partial charge is 0.237 e. The maximum Gasteiger partial charge on any atom is 0.237 e. The largest absolute Gasteiger partial charge is 0.350 e. The molecular formula is C15H20N4O2S. The van der Waals surface area contributed by atoms with E-state index in [9.17, 15) is 8.42 Å². The molecule has 6 nitrogen and oxygen atoms in total. The van der Waals surface area contributed by atoms with Gasteiger partial charge in [-0.05, 0) is 44.5 Å². The number of anilines is 2. The summed E-state index contributed by atoms with van der Waals surface area (Å²) in [7, 11) is -3.40. The Morgan fingerprint density at radius 1 is 1.05 bits per heavy atom. The molecule has 0 amide bonds. The van der Waals surface area contributed by atoms with E-state index in [4.69, 9.17) is 0 Å². The Kier molecular flexibility index (Phi) is 4.65. The van der Waals surface area contributed by atoms with Crippen molar-refractivity contribution < 1.29 is 8.42 Å². The van der Waals surface area contributed by atoms with Gasteiger partial charge in [0, 0.05) is 24.6 Å². The Hall–Kier alpha value is -2.15. The zero-order valence-electron chi connectivity index (χ0n) is 12.9. The van der Waals surface area contributed by atoms with E-state index in [1.165, 1.54) is 0 Å². The van der Waals surface area contributed by atoms with Crippen LogP contribution in [0.3, 0.4) is 0 Å². The highest BCUT2D eigenvalue weighted by Gasteiger charge is 2.28. The minimum absolute atomic E-state index is 0.551. The summed E-state index contributed by atoms with van der Waals surface area (Å²) in [5, 5.41) is 3.09. The monoisotopic (exact) mass is 320 g/mol. The molecule has 2 rings (SSSR count). The highest BCUT2D eigenvalue weighted by Crippen LogP contribution is 2.19. The van der Waals surface area contributed by atoms with E-state index in [0.29, 0.717) is 18.2 Å². The molecule has 0 aliphatic rings. The lowest BCUT2D eigenvalue weighted by atomic mass is 10.2. The van der Waals surface area contributed by atoms with Gasteiger partial charge in [0.25, 0.3) is 0 Å². The van der Waals surface area contributed by atoms with Crippen molar-refractivity contribution in [3.8, 4) is 0 Å². The second-order valence-electron chi connectivity index (χ2n) is 5.84. The molecule has 0 saturated heterocycles. The van der Waals surface area contributed by atoms with Gasteiger partial charge in [-0.3, -0.25) is 4.72 Å².